The molecule has 0 aromatic carbocycles. The molecule has 90 valence electrons. The van der Waals surface area contributed by atoms with Gasteiger partial charge in [0, 0.05) is 11.6 Å². The molecule has 6 heteroatoms. The molecule has 0 saturated carbocycles. The Bertz CT molecular complexity index is 514. The molecule has 0 unspecified atom stereocenters. The molecule has 2 aromatic heterocycles. The van der Waals surface area contributed by atoms with Gasteiger partial charge in [0.1, 0.15) is 5.15 Å². The van der Waals surface area contributed by atoms with Crippen LogP contribution in [0.4, 0.5) is 0 Å². The van der Waals surface area contributed by atoms with Gasteiger partial charge in [0.15, 0.2) is 10.8 Å². The van der Waals surface area contributed by atoms with Gasteiger partial charge in [0.05, 0.1) is 10.2 Å². The maximum absolute atomic E-state index is 6.10. The fourth-order valence-electron chi connectivity index (χ4n) is 1.41. The van der Waals surface area contributed by atoms with Crippen molar-refractivity contribution in [1.29, 1.82) is 0 Å². The smallest absolute Gasteiger partial charge is 0.190 e. The first kappa shape index (κ1) is 12.9. The minimum Gasteiger partial charge on any atom is -0.241 e. The third-order valence-corrected chi connectivity index (χ3v) is 4.21. The molecule has 0 aliphatic rings. The molecule has 0 aliphatic carbocycles. The highest BCUT2D eigenvalue weighted by Gasteiger charge is 2.14. The van der Waals surface area contributed by atoms with Gasteiger partial charge in [0.25, 0.3) is 0 Å². The van der Waals surface area contributed by atoms with E-state index in [4.69, 9.17) is 11.6 Å². The highest BCUT2D eigenvalue weighted by molar-refractivity contribution is 9.10. The molecule has 2 rings (SSSR count). The maximum Gasteiger partial charge on any atom is 0.190 e. The second-order valence-electron chi connectivity index (χ2n) is 4.03. The van der Waals surface area contributed by atoms with Crippen molar-refractivity contribution in [2.75, 3.05) is 0 Å². The van der Waals surface area contributed by atoms with Crippen molar-refractivity contribution in [2.24, 2.45) is 5.92 Å². The monoisotopic (exact) mass is 331 g/mol. The molecule has 3 nitrogen and oxygen atoms in total. The van der Waals surface area contributed by atoms with E-state index in [9.17, 15) is 0 Å². The lowest BCUT2D eigenvalue weighted by Gasteiger charge is -2.08. The molecule has 2 heterocycles. The van der Waals surface area contributed by atoms with Crippen molar-refractivity contribution >= 4 is 38.9 Å². The molecule has 0 spiro atoms. The highest BCUT2D eigenvalue weighted by atomic mass is 79.9. The largest absolute Gasteiger partial charge is 0.241 e. The first-order valence-electron chi connectivity index (χ1n) is 5.19. The van der Waals surface area contributed by atoms with Gasteiger partial charge in [-0.2, -0.15) is 0 Å². The molecule has 2 aromatic rings. The second kappa shape index (κ2) is 5.42. The van der Waals surface area contributed by atoms with Crippen molar-refractivity contribution in [3.63, 3.8) is 0 Å². The summed E-state index contributed by atoms with van der Waals surface area (Å²) < 4.78 is 0.785. The Morgan fingerprint density at radius 3 is 2.76 bits per heavy atom. The van der Waals surface area contributed by atoms with E-state index in [0.29, 0.717) is 16.9 Å². The van der Waals surface area contributed by atoms with Crippen LogP contribution in [0.5, 0.6) is 0 Å². The van der Waals surface area contributed by atoms with E-state index >= 15 is 0 Å². The standard InChI is InChI=1S/C11H11BrClN3S/c1-6(2)5-7-8(12)9(13)16-10(15-7)11-14-3-4-17-11/h3-4,6H,5H2,1-2H3. The lowest BCUT2D eigenvalue weighted by molar-refractivity contribution is 0.632. The molecule has 0 bridgehead atoms. The molecule has 0 amide bonds. The molecular weight excluding hydrogens is 322 g/mol. The van der Waals surface area contributed by atoms with Crippen LogP contribution in [0.1, 0.15) is 19.5 Å². The predicted molar refractivity (Wildman–Crippen MR) is 74.4 cm³/mol. The molecule has 0 aliphatic heterocycles. The minimum absolute atomic E-state index is 0.445. The topological polar surface area (TPSA) is 38.7 Å². The van der Waals surface area contributed by atoms with E-state index in [2.05, 4.69) is 44.7 Å². The van der Waals surface area contributed by atoms with Crippen LogP contribution in [0.3, 0.4) is 0 Å². The SMILES string of the molecule is CC(C)Cc1nc(-c2nccs2)nc(Cl)c1Br. The van der Waals surface area contributed by atoms with Crippen LogP contribution in [0.25, 0.3) is 10.8 Å². The maximum atomic E-state index is 6.10. The molecule has 0 atom stereocenters. The summed E-state index contributed by atoms with van der Waals surface area (Å²) in [4.78, 5) is 13.0. The summed E-state index contributed by atoms with van der Waals surface area (Å²) in [5, 5.41) is 3.14. The van der Waals surface area contributed by atoms with E-state index < -0.39 is 0 Å². The first-order chi connectivity index (χ1) is 8.08. The summed E-state index contributed by atoms with van der Waals surface area (Å²) in [7, 11) is 0. The Morgan fingerprint density at radius 1 is 1.41 bits per heavy atom. The van der Waals surface area contributed by atoms with Gasteiger partial charge in [-0.05, 0) is 28.3 Å². The number of nitrogens with zero attached hydrogens (tertiary/aromatic N) is 3. The number of hydrogen-bond donors (Lipinski definition) is 0. The van der Waals surface area contributed by atoms with Crippen LogP contribution in [-0.2, 0) is 6.42 Å². The number of thiazole rings is 1. The molecule has 17 heavy (non-hydrogen) atoms. The number of aromatic nitrogens is 3. The van der Waals surface area contributed by atoms with Crippen molar-refractivity contribution in [1.82, 2.24) is 15.0 Å². The summed E-state index contributed by atoms with van der Waals surface area (Å²) in [6.45, 7) is 4.29. The second-order valence-corrected chi connectivity index (χ2v) is 6.08. The number of hydrogen-bond acceptors (Lipinski definition) is 4. The van der Waals surface area contributed by atoms with Gasteiger partial charge < -0.3 is 0 Å². The summed E-state index contributed by atoms with van der Waals surface area (Å²) in [6, 6.07) is 0. The van der Waals surface area contributed by atoms with Gasteiger partial charge in [-0.25, -0.2) is 15.0 Å². The fraction of sp³-hybridized carbons (Fsp3) is 0.364. The van der Waals surface area contributed by atoms with Crippen LogP contribution in [0.15, 0.2) is 16.0 Å². The van der Waals surface area contributed by atoms with Gasteiger partial charge >= 0.3 is 0 Å². The van der Waals surface area contributed by atoms with Crippen LogP contribution in [0, 0.1) is 5.92 Å². The minimum atomic E-state index is 0.445. The summed E-state index contributed by atoms with van der Waals surface area (Å²) in [5.74, 6) is 1.12. The van der Waals surface area contributed by atoms with E-state index in [1.165, 1.54) is 11.3 Å². The average Bonchev–Trinajstić information content (AvgIpc) is 2.77. The van der Waals surface area contributed by atoms with Crippen molar-refractivity contribution in [3.8, 4) is 10.8 Å². The van der Waals surface area contributed by atoms with Crippen LogP contribution < -0.4 is 0 Å². The summed E-state index contributed by atoms with van der Waals surface area (Å²) in [6.07, 6.45) is 2.60. The Morgan fingerprint density at radius 2 is 2.18 bits per heavy atom. The van der Waals surface area contributed by atoms with Crippen LogP contribution >= 0.6 is 38.9 Å². The quantitative estimate of drug-likeness (QED) is 0.790. The zero-order valence-corrected chi connectivity index (χ0v) is 12.6. The van der Waals surface area contributed by atoms with Crippen LogP contribution in [0.2, 0.25) is 5.15 Å². The third kappa shape index (κ3) is 3.03. The number of halogens is 2. The zero-order valence-electron chi connectivity index (χ0n) is 9.44. The Hall–Kier alpha value is -0.520. The highest BCUT2D eigenvalue weighted by Crippen LogP contribution is 2.28. The van der Waals surface area contributed by atoms with E-state index in [1.54, 1.807) is 6.20 Å². The molecule has 0 saturated heterocycles. The van der Waals surface area contributed by atoms with Gasteiger partial charge in [0.2, 0.25) is 0 Å². The first-order valence-corrected chi connectivity index (χ1v) is 7.24. The van der Waals surface area contributed by atoms with Gasteiger partial charge in [-0.15, -0.1) is 11.3 Å². The summed E-state index contributed by atoms with van der Waals surface area (Å²) in [5.41, 5.74) is 0.935. The van der Waals surface area contributed by atoms with Crippen molar-refractivity contribution in [3.05, 3.63) is 26.9 Å². The van der Waals surface area contributed by atoms with Crippen LogP contribution in [-0.4, -0.2) is 15.0 Å². The molecular formula is C11H11BrClN3S. The predicted octanol–water partition coefficient (Wildman–Crippen LogP) is 4.21. The summed E-state index contributed by atoms with van der Waals surface area (Å²) >= 11 is 11.0. The van der Waals surface area contributed by atoms with Crippen molar-refractivity contribution in [2.45, 2.75) is 20.3 Å². The Labute approximate surface area is 117 Å². The zero-order chi connectivity index (χ0) is 12.4. The molecule has 0 fully saturated rings. The third-order valence-electron chi connectivity index (χ3n) is 2.10. The van der Waals surface area contributed by atoms with Crippen molar-refractivity contribution < 1.29 is 0 Å². The Balaban J connectivity index is 2.46. The Kier molecular flexibility index (Phi) is 4.12. The van der Waals surface area contributed by atoms with Gasteiger partial charge in [-0.3, -0.25) is 0 Å². The lowest BCUT2D eigenvalue weighted by Crippen LogP contribution is -2.02. The lowest BCUT2D eigenvalue weighted by atomic mass is 10.1. The van der Waals surface area contributed by atoms with E-state index in [1.807, 2.05) is 5.38 Å². The molecule has 0 radical (unpaired) electrons. The van der Waals surface area contributed by atoms with Gasteiger partial charge in [-0.1, -0.05) is 25.4 Å². The average molecular weight is 333 g/mol. The van der Waals surface area contributed by atoms with E-state index in [0.717, 1.165) is 21.6 Å². The van der Waals surface area contributed by atoms with E-state index in [-0.39, 0.29) is 0 Å². The number of rotatable bonds is 3. The fourth-order valence-corrected chi connectivity index (χ4v) is 2.51. The molecule has 0 N–H and O–H groups in total. The normalized spacial score (nSPS) is 11.1.